The number of hydrogen-bond acceptors (Lipinski definition) is 5. The van der Waals surface area contributed by atoms with Gasteiger partial charge in [-0.3, -0.25) is 4.79 Å². The number of fused-ring (bicyclic) bond motifs is 1. The van der Waals surface area contributed by atoms with Crippen LogP contribution in [0.15, 0.2) is 84.9 Å². The number of carbonyl (C=O) groups is 1. The molecule has 0 N–H and O–H groups in total. The Morgan fingerprint density at radius 2 is 1.49 bits per heavy atom. The van der Waals surface area contributed by atoms with Crippen LogP contribution in [0.25, 0.3) is 16.7 Å². The molecule has 0 atom stereocenters. The van der Waals surface area contributed by atoms with E-state index in [0.717, 1.165) is 45.2 Å². The Balaban J connectivity index is 1.30. The van der Waals surface area contributed by atoms with Gasteiger partial charge in [-0.05, 0) is 42.3 Å². The van der Waals surface area contributed by atoms with Crippen LogP contribution in [0.4, 0.5) is 10.2 Å². The number of aromatic nitrogens is 4. The number of hydrogen-bond donors (Lipinski definition) is 0. The van der Waals surface area contributed by atoms with Crippen molar-refractivity contribution in [1.82, 2.24) is 24.6 Å². The van der Waals surface area contributed by atoms with Gasteiger partial charge in [0.05, 0.1) is 23.2 Å². The van der Waals surface area contributed by atoms with E-state index in [1.54, 1.807) is 12.1 Å². The molecule has 3 aromatic carbocycles. The number of halogens is 1. The summed E-state index contributed by atoms with van der Waals surface area (Å²) in [7, 11) is 0. The number of carbonyl (C=O) groups excluding carboxylic acids is 1. The summed E-state index contributed by atoms with van der Waals surface area (Å²) in [5.41, 5.74) is 4.55. The van der Waals surface area contributed by atoms with Gasteiger partial charge in [0.25, 0.3) is 0 Å². The fraction of sp³-hybridized carbons (Fsp3) is 0.226. The van der Waals surface area contributed by atoms with Crippen LogP contribution in [0.3, 0.4) is 0 Å². The van der Waals surface area contributed by atoms with E-state index in [4.69, 9.17) is 15.1 Å². The van der Waals surface area contributed by atoms with E-state index in [1.165, 1.54) is 12.1 Å². The molecule has 2 aromatic heterocycles. The molecule has 39 heavy (non-hydrogen) atoms. The van der Waals surface area contributed by atoms with E-state index in [2.05, 4.69) is 17.0 Å². The molecule has 5 aromatic rings. The lowest BCUT2D eigenvalue weighted by Gasteiger charge is -2.36. The fourth-order valence-electron chi connectivity index (χ4n) is 5.10. The second kappa shape index (κ2) is 10.6. The van der Waals surface area contributed by atoms with E-state index in [9.17, 15) is 9.18 Å². The van der Waals surface area contributed by atoms with Gasteiger partial charge in [-0.1, -0.05) is 60.7 Å². The third-order valence-corrected chi connectivity index (χ3v) is 7.14. The summed E-state index contributed by atoms with van der Waals surface area (Å²) in [5.74, 6) is 1.34. The average Bonchev–Trinajstić information content (AvgIpc) is 3.31. The minimum absolute atomic E-state index is 0.0481. The fourth-order valence-corrected chi connectivity index (χ4v) is 5.10. The van der Waals surface area contributed by atoms with Crippen molar-refractivity contribution in [2.45, 2.75) is 19.8 Å². The highest BCUT2D eigenvalue weighted by molar-refractivity contribution is 5.91. The van der Waals surface area contributed by atoms with Gasteiger partial charge in [0.2, 0.25) is 5.91 Å². The van der Waals surface area contributed by atoms with Crippen LogP contribution < -0.4 is 4.90 Å². The maximum absolute atomic E-state index is 13.3. The number of amides is 1. The first-order chi connectivity index (χ1) is 19.0. The van der Waals surface area contributed by atoms with Gasteiger partial charge in [0.15, 0.2) is 5.65 Å². The smallest absolute Gasteiger partial charge is 0.227 e. The monoisotopic (exact) mass is 520 g/mol. The SMILES string of the molecule is Cc1nn(-c2ccccc2)c2nc(Cc3ccccc3)nc(N3CCN(C(=O)Cc4ccc(F)cc4)CC3)c12. The number of aryl methyl sites for hydroxylation is 1. The summed E-state index contributed by atoms with van der Waals surface area (Å²) in [6, 6.07) is 26.4. The third-order valence-electron chi connectivity index (χ3n) is 7.14. The Kier molecular flexibility index (Phi) is 6.75. The lowest BCUT2D eigenvalue weighted by molar-refractivity contribution is -0.130. The van der Waals surface area contributed by atoms with Gasteiger partial charge < -0.3 is 9.80 Å². The predicted molar refractivity (Wildman–Crippen MR) is 150 cm³/mol. The molecule has 0 aliphatic carbocycles. The zero-order valence-electron chi connectivity index (χ0n) is 21.8. The lowest BCUT2D eigenvalue weighted by atomic mass is 10.1. The van der Waals surface area contributed by atoms with Crippen molar-refractivity contribution >= 4 is 22.8 Å². The predicted octanol–water partition coefficient (Wildman–Crippen LogP) is 4.75. The van der Waals surface area contributed by atoms with Gasteiger partial charge in [0, 0.05) is 32.6 Å². The summed E-state index contributed by atoms with van der Waals surface area (Å²) in [6.07, 6.45) is 0.876. The number of anilines is 1. The van der Waals surface area contributed by atoms with Crippen LogP contribution in [0.1, 0.15) is 22.6 Å². The zero-order chi connectivity index (χ0) is 26.8. The Morgan fingerprint density at radius 1 is 0.821 bits per heavy atom. The van der Waals surface area contributed by atoms with E-state index in [-0.39, 0.29) is 18.1 Å². The van der Waals surface area contributed by atoms with Gasteiger partial charge in [-0.2, -0.15) is 5.10 Å². The van der Waals surface area contributed by atoms with Crippen molar-refractivity contribution in [3.8, 4) is 5.69 Å². The van der Waals surface area contributed by atoms with E-state index in [0.29, 0.717) is 32.6 Å². The summed E-state index contributed by atoms with van der Waals surface area (Å²) < 4.78 is 15.1. The number of rotatable bonds is 6. The highest BCUT2D eigenvalue weighted by Gasteiger charge is 2.26. The van der Waals surface area contributed by atoms with Crippen molar-refractivity contribution < 1.29 is 9.18 Å². The van der Waals surface area contributed by atoms with Crippen molar-refractivity contribution in [3.05, 3.63) is 113 Å². The van der Waals surface area contributed by atoms with Crippen LogP contribution in [0.5, 0.6) is 0 Å². The first kappa shape index (κ1) is 24.7. The first-order valence-corrected chi connectivity index (χ1v) is 13.2. The van der Waals surface area contributed by atoms with Crippen molar-refractivity contribution in [1.29, 1.82) is 0 Å². The van der Waals surface area contributed by atoms with Crippen LogP contribution >= 0.6 is 0 Å². The van der Waals surface area contributed by atoms with Gasteiger partial charge in [-0.15, -0.1) is 0 Å². The van der Waals surface area contributed by atoms with Crippen molar-refractivity contribution in [3.63, 3.8) is 0 Å². The van der Waals surface area contributed by atoms with Crippen LogP contribution in [-0.2, 0) is 17.6 Å². The standard InChI is InChI=1S/C31H29FN6O/c1-22-29-30(37-18-16-36(17-19-37)28(39)21-24-12-14-25(32)15-13-24)33-27(20-23-8-4-2-5-9-23)34-31(29)38(35-22)26-10-6-3-7-11-26/h2-15H,16-21H2,1H3. The van der Waals surface area contributed by atoms with Gasteiger partial charge in [0.1, 0.15) is 17.5 Å². The molecule has 8 heteroatoms. The molecule has 0 unspecified atom stereocenters. The molecule has 1 amide bonds. The summed E-state index contributed by atoms with van der Waals surface area (Å²) in [5, 5.41) is 5.79. The Hall–Kier alpha value is -4.59. The van der Waals surface area contributed by atoms with Crippen LogP contribution in [0.2, 0.25) is 0 Å². The normalized spacial score (nSPS) is 13.7. The largest absolute Gasteiger partial charge is 0.352 e. The Bertz CT molecular complexity index is 1590. The van der Waals surface area contributed by atoms with E-state index >= 15 is 0 Å². The van der Waals surface area contributed by atoms with Crippen molar-refractivity contribution in [2.24, 2.45) is 0 Å². The number of piperazine rings is 1. The second-order valence-corrected chi connectivity index (χ2v) is 9.83. The highest BCUT2D eigenvalue weighted by Crippen LogP contribution is 2.30. The molecule has 0 spiro atoms. The molecule has 1 saturated heterocycles. The van der Waals surface area contributed by atoms with Gasteiger partial charge >= 0.3 is 0 Å². The average molecular weight is 521 g/mol. The molecule has 7 nitrogen and oxygen atoms in total. The minimum atomic E-state index is -0.298. The number of benzene rings is 3. The number of para-hydroxylation sites is 1. The van der Waals surface area contributed by atoms with E-state index < -0.39 is 0 Å². The van der Waals surface area contributed by atoms with E-state index in [1.807, 2.05) is 65.0 Å². The second-order valence-electron chi connectivity index (χ2n) is 9.83. The maximum atomic E-state index is 13.3. The topological polar surface area (TPSA) is 67.2 Å². The minimum Gasteiger partial charge on any atom is -0.352 e. The Morgan fingerprint density at radius 3 is 2.18 bits per heavy atom. The molecule has 1 aliphatic heterocycles. The molecule has 0 bridgehead atoms. The number of nitrogens with zero attached hydrogens (tertiary/aromatic N) is 6. The van der Waals surface area contributed by atoms with Gasteiger partial charge in [-0.25, -0.2) is 19.0 Å². The lowest BCUT2D eigenvalue weighted by Crippen LogP contribution is -2.49. The molecule has 0 radical (unpaired) electrons. The molecule has 1 aliphatic rings. The maximum Gasteiger partial charge on any atom is 0.227 e. The van der Waals surface area contributed by atoms with Crippen LogP contribution in [0, 0.1) is 12.7 Å². The molecule has 6 rings (SSSR count). The third kappa shape index (κ3) is 5.23. The molecular formula is C31H29FN6O. The molecule has 1 fully saturated rings. The molecule has 196 valence electrons. The summed E-state index contributed by atoms with van der Waals surface area (Å²) >= 11 is 0. The quantitative estimate of drug-likeness (QED) is 0.323. The molecule has 0 saturated carbocycles. The highest BCUT2D eigenvalue weighted by atomic mass is 19.1. The Labute approximate surface area is 226 Å². The molecule has 3 heterocycles. The van der Waals surface area contributed by atoms with Crippen molar-refractivity contribution in [2.75, 3.05) is 31.1 Å². The first-order valence-electron chi connectivity index (χ1n) is 13.2. The zero-order valence-corrected chi connectivity index (χ0v) is 21.8. The summed E-state index contributed by atoms with van der Waals surface area (Å²) in [4.78, 5) is 27.1. The summed E-state index contributed by atoms with van der Waals surface area (Å²) in [6.45, 7) is 4.48. The van der Waals surface area contributed by atoms with Crippen LogP contribution in [-0.4, -0.2) is 56.7 Å². The molecular weight excluding hydrogens is 491 g/mol.